The summed E-state index contributed by atoms with van der Waals surface area (Å²) in [6, 6.07) is 6.44. The molecule has 1 unspecified atom stereocenters. The lowest BCUT2D eigenvalue weighted by Gasteiger charge is -2.23. The van der Waals surface area contributed by atoms with E-state index in [1.165, 1.54) is 6.92 Å². The average Bonchev–Trinajstić information content (AvgIpc) is 2.89. The van der Waals surface area contributed by atoms with Crippen LogP contribution in [0.25, 0.3) is 0 Å². The van der Waals surface area contributed by atoms with Gasteiger partial charge in [-0.05, 0) is 43.0 Å². The van der Waals surface area contributed by atoms with Gasteiger partial charge in [-0.25, -0.2) is 0 Å². The molecule has 0 heterocycles. The first-order chi connectivity index (χ1) is 9.08. The summed E-state index contributed by atoms with van der Waals surface area (Å²) in [6.07, 6.45) is 4.28. The minimum atomic E-state index is -0.402. The molecule has 1 aromatic rings. The molecule has 1 atom stereocenters. The van der Waals surface area contributed by atoms with Gasteiger partial charge in [-0.1, -0.05) is 24.4 Å². The third-order valence-electron chi connectivity index (χ3n) is 3.64. The van der Waals surface area contributed by atoms with Gasteiger partial charge in [-0.15, -0.1) is 0 Å². The van der Waals surface area contributed by atoms with Crippen molar-refractivity contribution in [2.75, 3.05) is 0 Å². The molecule has 2 rings (SSSR count). The smallest absolute Gasteiger partial charge is 0.217 e. The molecule has 1 aliphatic rings. The summed E-state index contributed by atoms with van der Waals surface area (Å²) in [5.74, 6) is 0.0880. The first kappa shape index (κ1) is 14.1. The Hall–Kier alpha value is -1.35. The lowest BCUT2D eigenvalue weighted by atomic mass is 9.91. The normalized spacial score (nSPS) is 17.2. The van der Waals surface area contributed by atoms with Crippen LogP contribution in [0.4, 0.5) is 0 Å². The zero-order chi connectivity index (χ0) is 13.8. The largest absolute Gasteiger partial charge is 0.346 e. The van der Waals surface area contributed by atoms with Crippen LogP contribution in [0, 0.1) is 5.92 Å². The van der Waals surface area contributed by atoms with Crippen molar-refractivity contribution >= 4 is 23.3 Å². The van der Waals surface area contributed by atoms with E-state index in [1.807, 2.05) is 0 Å². The van der Waals surface area contributed by atoms with E-state index in [0.29, 0.717) is 10.6 Å². The second-order valence-corrected chi connectivity index (χ2v) is 5.53. The number of halogens is 1. The third-order valence-corrected chi connectivity index (χ3v) is 3.89. The SMILES string of the molecule is CC(=O)NC(C(=O)c1ccc(Cl)cc1)C1CCCC1. The predicted molar refractivity (Wildman–Crippen MR) is 75.3 cm³/mol. The van der Waals surface area contributed by atoms with Crippen molar-refractivity contribution in [3.8, 4) is 0 Å². The van der Waals surface area contributed by atoms with Crippen molar-refractivity contribution in [1.82, 2.24) is 5.32 Å². The Morgan fingerprint density at radius 1 is 1.21 bits per heavy atom. The Balaban J connectivity index is 2.18. The molecule has 0 bridgehead atoms. The fourth-order valence-electron chi connectivity index (χ4n) is 2.70. The van der Waals surface area contributed by atoms with Crippen LogP contribution < -0.4 is 5.32 Å². The van der Waals surface area contributed by atoms with E-state index in [2.05, 4.69) is 5.32 Å². The van der Waals surface area contributed by atoms with Crippen LogP contribution in [-0.4, -0.2) is 17.7 Å². The van der Waals surface area contributed by atoms with Crippen LogP contribution in [-0.2, 0) is 4.79 Å². The van der Waals surface area contributed by atoms with Crippen LogP contribution in [0.2, 0.25) is 5.02 Å². The zero-order valence-electron chi connectivity index (χ0n) is 11.0. The highest BCUT2D eigenvalue weighted by atomic mass is 35.5. The highest BCUT2D eigenvalue weighted by Crippen LogP contribution is 2.29. The number of benzene rings is 1. The number of carbonyl (C=O) groups is 2. The van der Waals surface area contributed by atoms with Gasteiger partial charge in [0.2, 0.25) is 5.91 Å². The molecule has 1 aliphatic carbocycles. The number of Topliss-reactive ketones (excluding diaryl/α,β-unsaturated/α-hetero) is 1. The fourth-order valence-corrected chi connectivity index (χ4v) is 2.83. The summed E-state index contributed by atoms with van der Waals surface area (Å²) in [7, 11) is 0. The van der Waals surface area contributed by atoms with E-state index >= 15 is 0 Å². The Kier molecular flexibility index (Phi) is 4.59. The number of amides is 1. The standard InChI is InChI=1S/C15H18ClNO2/c1-10(18)17-14(11-4-2-3-5-11)15(19)12-6-8-13(16)9-7-12/h6-9,11,14H,2-5H2,1H3,(H,17,18). The van der Waals surface area contributed by atoms with Gasteiger partial charge in [0.1, 0.15) is 0 Å². The number of hydrogen-bond donors (Lipinski definition) is 1. The van der Waals surface area contributed by atoms with Crippen LogP contribution >= 0.6 is 11.6 Å². The molecule has 1 amide bonds. The first-order valence-electron chi connectivity index (χ1n) is 6.65. The van der Waals surface area contributed by atoms with Crippen LogP contribution in [0.1, 0.15) is 43.0 Å². The Bertz CT molecular complexity index is 464. The maximum absolute atomic E-state index is 12.5. The van der Waals surface area contributed by atoms with Crippen molar-refractivity contribution in [3.05, 3.63) is 34.9 Å². The number of nitrogens with one attached hydrogen (secondary N) is 1. The summed E-state index contributed by atoms with van der Waals surface area (Å²) in [5, 5.41) is 3.42. The molecule has 102 valence electrons. The first-order valence-corrected chi connectivity index (χ1v) is 7.02. The molecule has 0 aromatic heterocycles. The molecule has 0 radical (unpaired) electrons. The van der Waals surface area contributed by atoms with E-state index in [1.54, 1.807) is 24.3 Å². The zero-order valence-corrected chi connectivity index (χ0v) is 11.7. The van der Waals surface area contributed by atoms with Gasteiger partial charge in [0.05, 0.1) is 6.04 Å². The van der Waals surface area contributed by atoms with Crippen molar-refractivity contribution in [2.24, 2.45) is 5.92 Å². The minimum Gasteiger partial charge on any atom is -0.346 e. The maximum atomic E-state index is 12.5. The lowest BCUT2D eigenvalue weighted by molar-refractivity contribution is -0.119. The molecular weight excluding hydrogens is 262 g/mol. The summed E-state index contributed by atoms with van der Waals surface area (Å²) in [6.45, 7) is 1.46. The van der Waals surface area contributed by atoms with E-state index in [9.17, 15) is 9.59 Å². The molecule has 19 heavy (non-hydrogen) atoms. The highest BCUT2D eigenvalue weighted by molar-refractivity contribution is 6.30. The van der Waals surface area contributed by atoms with Gasteiger partial charge >= 0.3 is 0 Å². The van der Waals surface area contributed by atoms with Gasteiger partial charge < -0.3 is 5.32 Å². The van der Waals surface area contributed by atoms with Crippen molar-refractivity contribution in [3.63, 3.8) is 0 Å². The number of carbonyl (C=O) groups excluding carboxylic acids is 2. The summed E-state index contributed by atoms with van der Waals surface area (Å²) < 4.78 is 0. The number of rotatable bonds is 4. The second kappa shape index (κ2) is 6.20. The summed E-state index contributed by atoms with van der Waals surface area (Å²) in [4.78, 5) is 23.8. The van der Waals surface area contributed by atoms with E-state index < -0.39 is 6.04 Å². The average molecular weight is 280 g/mol. The lowest BCUT2D eigenvalue weighted by Crippen LogP contribution is -2.44. The molecule has 1 N–H and O–H groups in total. The fraction of sp³-hybridized carbons (Fsp3) is 0.467. The Labute approximate surface area is 118 Å². The van der Waals surface area contributed by atoms with Gasteiger partial charge in [-0.2, -0.15) is 0 Å². The van der Waals surface area contributed by atoms with Crippen molar-refractivity contribution in [1.29, 1.82) is 0 Å². The molecule has 0 saturated heterocycles. The highest BCUT2D eigenvalue weighted by Gasteiger charge is 2.31. The molecule has 1 saturated carbocycles. The minimum absolute atomic E-state index is 0.0150. The van der Waals surface area contributed by atoms with Gasteiger partial charge in [0.25, 0.3) is 0 Å². The van der Waals surface area contributed by atoms with E-state index in [0.717, 1.165) is 25.7 Å². The Morgan fingerprint density at radius 3 is 2.32 bits per heavy atom. The summed E-state index contributed by atoms with van der Waals surface area (Å²) >= 11 is 5.83. The van der Waals surface area contributed by atoms with Gasteiger partial charge in [-0.3, -0.25) is 9.59 Å². The van der Waals surface area contributed by atoms with Gasteiger partial charge in [0.15, 0.2) is 5.78 Å². The topological polar surface area (TPSA) is 46.2 Å². The van der Waals surface area contributed by atoms with E-state index in [4.69, 9.17) is 11.6 Å². The molecule has 1 aromatic carbocycles. The van der Waals surface area contributed by atoms with E-state index in [-0.39, 0.29) is 17.6 Å². The van der Waals surface area contributed by atoms with Crippen LogP contribution in [0.3, 0.4) is 0 Å². The van der Waals surface area contributed by atoms with Crippen LogP contribution in [0.15, 0.2) is 24.3 Å². The van der Waals surface area contributed by atoms with Gasteiger partial charge in [0, 0.05) is 17.5 Å². The monoisotopic (exact) mass is 279 g/mol. The summed E-state index contributed by atoms with van der Waals surface area (Å²) in [5.41, 5.74) is 0.607. The number of hydrogen-bond acceptors (Lipinski definition) is 2. The molecule has 1 fully saturated rings. The molecule has 4 heteroatoms. The molecule has 0 aliphatic heterocycles. The predicted octanol–water partition coefficient (Wildman–Crippen LogP) is 3.22. The third kappa shape index (κ3) is 3.57. The molecular formula is C15H18ClNO2. The number of ketones is 1. The molecule has 0 spiro atoms. The maximum Gasteiger partial charge on any atom is 0.217 e. The quantitative estimate of drug-likeness (QED) is 0.860. The van der Waals surface area contributed by atoms with Crippen molar-refractivity contribution in [2.45, 2.75) is 38.6 Å². The Morgan fingerprint density at radius 2 is 1.79 bits per heavy atom. The van der Waals surface area contributed by atoms with Crippen LogP contribution in [0.5, 0.6) is 0 Å². The van der Waals surface area contributed by atoms with Crippen molar-refractivity contribution < 1.29 is 9.59 Å². The molecule has 3 nitrogen and oxygen atoms in total. The second-order valence-electron chi connectivity index (χ2n) is 5.09.